The van der Waals surface area contributed by atoms with E-state index in [1.165, 1.54) is 0 Å². The van der Waals surface area contributed by atoms with Crippen LogP contribution in [0.15, 0.2) is 18.2 Å². The Morgan fingerprint density at radius 2 is 2.10 bits per heavy atom. The minimum atomic E-state index is 0.0576. The molecule has 2 rings (SSSR count). The molecule has 1 fully saturated rings. The van der Waals surface area contributed by atoms with Gasteiger partial charge in [0.15, 0.2) is 11.5 Å². The predicted molar refractivity (Wildman–Crippen MR) is 77.7 cm³/mol. The van der Waals surface area contributed by atoms with Crippen LogP contribution < -0.4 is 20.7 Å². The molecule has 3 atom stereocenters. The first-order valence-corrected chi connectivity index (χ1v) is 7.04. The molecule has 5 nitrogen and oxygen atoms in total. The van der Waals surface area contributed by atoms with Crippen molar-refractivity contribution in [2.24, 2.45) is 11.8 Å². The second kappa shape index (κ2) is 6.92. The zero-order chi connectivity index (χ0) is 14.5. The van der Waals surface area contributed by atoms with Crippen LogP contribution in [0.25, 0.3) is 0 Å². The zero-order valence-corrected chi connectivity index (χ0v) is 12.4. The number of hydrazine groups is 1. The molecule has 0 aromatic heterocycles. The van der Waals surface area contributed by atoms with Gasteiger partial charge in [0.2, 0.25) is 0 Å². The molecule has 1 aliphatic rings. The number of hydrogen-bond donors (Lipinski definition) is 2. The van der Waals surface area contributed by atoms with Gasteiger partial charge in [-0.2, -0.15) is 0 Å². The SMILES string of the molecule is CCC1OCCC1C(NN)c1ccc(OC)c(OC)c1. The van der Waals surface area contributed by atoms with Gasteiger partial charge in [-0.3, -0.25) is 11.3 Å². The Labute approximate surface area is 120 Å². The van der Waals surface area contributed by atoms with Crippen LogP contribution in [0.3, 0.4) is 0 Å². The van der Waals surface area contributed by atoms with Crippen molar-refractivity contribution in [2.75, 3.05) is 20.8 Å². The third-order valence-corrected chi connectivity index (χ3v) is 4.04. The van der Waals surface area contributed by atoms with E-state index in [2.05, 4.69) is 12.3 Å². The van der Waals surface area contributed by atoms with E-state index < -0.39 is 0 Å². The van der Waals surface area contributed by atoms with Crippen molar-refractivity contribution in [3.63, 3.8) is 0 Å². The van der Waals surface area contributed by atoms with E-state index in [0.29, 0.717) is 5.92 Å². The van der Waals surface area contributed by atoms with Crippen LogP contribution in [-0.2, 0) is 4.74 Å². The van der Waals surface area contributed by atoms with E-state index in [4.69, 9.17) is 20.1 Å². The molecule has 1 heterocycles. The lowest BCUT2D eigenvalue weighted by Crippen LogP contribution is -2.36. The highest BCUT2D eigenvalue weighted by atomic mass is 16.5. The summed E-state index contributed by atoms with van der Waals surface area (Å²) >= 11 is 0. The molecule has 5 heteroatoms. The molecule has 0 aliphatic carbocycles. The number of ether oxygens (including phenoxy) is 3. The molecule has 112 valence electrons. The first-order chi connectivity index (χ1) is 9.74. The summed E-state index contributed by atoms with van der Waals surface area (Å²) in [4.78, 5) is 0. The molecule has 1 saturated heterocycles. The maximum atomic E-state index is 5.79. The van der Waals surface area contributed by atoms with Gasteiger partial charge in [-0.1, -0.05) is 13.0 Å². The van der Waals surface area contributed by atoms with E-state index in [-0.39, 0.29) is 12.1 Å². The minimum Gasteiger partial charge on any atom is -0.493 e. The van der Waals surface area contributed by atoms with Crippen molar-refractivity contribution in [3.05, 3.63) is 23.8 Å². The number of nitrogens with one attached hydrogen (secondary N) is 1. The first-order valence-electron chi connectivity index (χ1n) is 7.04. The molecule has 0 radical (unpaired) electrons. The molecule has 0 amide bonds. The summed E-state index contributed by atoms with van der Waals surface area (Å²) in [6.45, 7) is 2.94. The van der Waals surface area contributed by atoms with Crippen molar-refractivity contribution >= 4 is 0 Å². The van der Waals surface area contributed by atoms with Gasteiger partial charge in [0.05, 0.1) is 26.4 Å². The smallest absolute Gasteiger partial charge is 0.161 e. The van der Waals surface area contributed by atoms with E-state index in [9.17, 15) is 0 Å². The van der Waals surface area contributed by atoms with Crippen LogP contribution in [0.1, 0.15) is 31.4 Å². The molecule has 20 heavy (non-hydrogen) atoms. The van der Waals surface area contributed by atoms with Crippen molar-refractivity contribution in [3.8, 4) is 11.5 Å². The largest absolute Gasteiger partial charge is 0.493 e. The first kappa shape index (κ1) is 15.1. The van der Waals surface area contributed by atoms with Gasteiger partial charge < -0.3 is 14.2 Å². The number of methoxy groups -OCH3 is 2. The highest BCUT2D eigenvalue weighted by Gasteiger charge is 2.34. The molecule has 0 spiro atoms. The lowest BCUT2D eigenvalue weighted by Gasteiger charge is -2.27. The fraction of sp³-hybridized carbons (Fsp3) is 0.600. The molecular formula is C15H24N2O3. The Hall–Kier alpha value is -1.30. The zero-order valence-electron chi connectivity index (χ0n) is 12.4. The van der Waals surface area contributed by atoms with Gasteiger partial charge in [0.25, 0.3) is 0 Å². The van der Waals surface area contributed by atoms with Crippen molar-refractivity contribution < 1.29 is 14.2 Å². The molecule has 0 saturated carbocycles. The Bertz CT molecular complexity index is 439. The third-order valence-electron chi connectivity index (χ3n) is 4.04. The van der Waals surface area contributed by atoms with Gasteiger partial charge in [-0.25, -0.2) is 0 Å². The molecule has 0 bridgehead atoms. The number of hydrogen-bond acceptors (Lipinski definition) is 5. The molecule has 3 N–H and O–H groups in total. The Morgan fingerprint density at radius 3 is 2.70 bits per heavy atom. The van der Waals surface area contributed by atoms with Crippen molar-refractivity contribution in [2.45, 2.75) is 31.9 Å². The Morgan fingerprint density at radius 1 is 1.35 bits per heavy atom. The maximum absolute atomic E-state index is 5.79. The molecular weight excluding hydrogens is 256 g/mol. The number of nitrogens with two attached hydrogens (primary N) is 1. The second-order valence-corrected chi connectivity index (χ2v) is 5.03. The summed E-state index contributed by atoms with van der Waals surface area (Å²) in [6, 6.07) is 5.97. The standard InChI is InChI=1S/C15H24N2O3/c1-4-12-11(7-8-20-12)15(17-16)10-5-6-13(18-2)14(9-10)19-3/h5-6,9,11-12,15,17H,4,7-8,16H2,1-3H3. The Balaban J connectivity index is 2.27. The van der Waals surface area contributed by atoms with Crippen molar-refractivity contribution in [1.29, 1.82) is 0 Å². The minimum absolute atomic E-state index is 0.0576. The summed E-state index contributed by atoms with van der Waals surface area (Å²) in [5.41, 5.74) is 4.03. The maximum Gasteiger partial charge on any atom is 0.161 e. The highest BCUT2D eigenvalue weighted by Crippen LogP contribution is 2.37. The van der Waals surface area contributed by atoms with Crippen LogP contribution in [0.5, 0.6) is 11.5 Å². The fourth-order valence-corrected chi connectivity index (χ4v) is 2.98. The lowest BCUT2D eigenvalue weighted by atomic mass is 9.87. The van der Waals surface area contributed by atoms with Crippen LogP contribution in [-0.4, -0.2) is 26.9 Å². The third kappa shape index (κ3) is 2.90. The van der Waals surface area contributed by atoms with Crippen LogP contribution in [0.2, 0.25) is 0 Å². The van der Waals surface area contributed by atoms with E-state index in [1.54, 1.807) is 14.2 Å². The normalized spacial score (nSPS) is 23.6. The number of rotatable bonds is 6. The summed E-state index contributed by atoms with van der Waals surface area (Å²) < 4.78 is 16.4. The molecule has 1 aromatic rings. The van der Waals surface area contributed by atoms with E-state index in [0.717, 1.165) is 36.5 Å². The summed E-state index contributed by atoms with van der Waals surface area (Å²) in [6.07, 6.45) is 2.27. The average molecular weight is 280 g/mol. The second-order valence-electron chi connectivity index (χ2n) is 5.03. The monoisotopic (exact) mass is 280 g/mol. The van der Waals surface area contributed by atoms with Crippen LogP contribution in [0, 0.1) is 5.92 Å². The number of benzene rings is 1. The summed E-state index contributed by atoms with van der Waals surface area (Å²) in [7, 11) is 3.27. The van der Waals surface area contributed by atoms with E-state index >= 15 is 0 Å². The van der Waals surface area contributed by atoms with Gasteiger partial charge >= 0.3 is 0 Å². The van der Waals surface area contributed by atoms with Gasteiger partial charge in [-0.05, 0) is 30.5 Å². The molecule has 1 aliphatic heterocycles. The van der Waals surface area contributed by atoms with Crippen LogP contribution in [0.4, 0.5) is 0 Å². The van der Waals surface area contributed by atoms with Gasteiger partial charge in [0.1, 0.15) is 0 Å². The molecule has 3 unspecified atom stereocenters. The summed E-state index contributed by atoms with van der Waals surface area (Å²) in [5.74, 6) is 7.61. The topological polar surface area (TPSA) is 65.7 Å². The van der Waals surface area contributed by atoms with Crippen LogP contribution >= 0.6 is 0 Å². The predicted octanol–water partition coefficient (Wildman–Crippen LogP) is 2.02. The fourth-order valence-electron chi connectivity index (χ4n) is 2.98. The average Bonchev–Trinajstić information content (AvgIpc) is 2.96. The van der Waals surface area contributed by atoms with E-state index in [1.807, 2.05) is 18.2 Å². The quantitative estimate of drug-likeness (QED) is 0.616. The molecule has 1 aromatic carbocycles. The lowest BCUT2D eigenvalue weighted by molar-refractivity contribution is 0.0773. The van der Waals surface area contributed by atoms with Crippen molar-refractivity contribution in [1.82, 2.24) is 5.43 Å². The van der Waals surface area contributed by atoms with Gasteiger partial charge in [-0.15, -0.1) is 0 Å². The Kier molecular flexibility index (Phi) is 5.23. The van der Waals surface area contributed by atoms with Gasteiger partial charge in [0, 0.05) is 12.5 Å². The summed E-state index contributed by atoms with van der Waals surface area (Å²) in [5, 5.41) is 0. The highest BCUT2D eigenvalue weighted by molar-refractivity contribution is 5.44.